The van der Waals surface area contributed by atoms with E-state index in [1.165, 1.54) is 5.56 Å². The molecule has 3 unspecified atom stereocenters. The Hall–Kier alpha value is -3.19. The Bertz CT molecular complexity index is 1300. The van der Waals surface area contributed by atoms with Gasteiger partial charge in [0.2, 0.25) is 11.8 Å². The van der Waals surface area contributed by atoms with Gasteiger partial charge in [0.25, 0.3) is 0 Å². The average Bonchev–Trinajstić information content (AvgIpc) is 2.97. The Kier molecular flexibility index (Phi) is 8.66. The van der Waals surface area contributed by atoms with E-state index in [0.29, 0.717) is 37.5 Å². The van der Waals surface area contributed by atoms with Crippen LogP contribution in [-0.2, 0) is 29.0 Å². The van der Waals surface area contributed by atoms with Crippen molar-refractivity contribution in [2.24, 2.45) is 0 Å². The van der Waals surface area contributed by atoms with E-state index in [4.69, 9.17) is 11.6 Å². The van der Waals surface area contributed by atoms with Crippen molar-refractivity contribution < 1.29 is 14.7 Å². The molecular formula is C32H36ClN3O3. The maximum atomic E-state index is 13.8. The van der Waals surface area contributed by atoms with Crippen molar-refractivity contribution in [3.63, 3.8) is 0 Å². The standard InChI is InChI=1S/C32H36ClN3O3/c1-21(37)27-8-4-5-9-28(27)23-14-16-36(17-15-23)32(39)30(18-22-10-12-26(33)13-11-22)35-31(38)29-19-24-6-2-3-7-25(24)20-34-29/h2-13,21,23,29-30,34,37H,14-20H2,1H3,(H,35,38). The van der Waals surface area contributed by atoms with Gasteiger partial charge >= 0.3 is 0 Å². The van der Waals surface area contributed by atoms with Crippen molar-refractivity contribution in [2.75, 3.05) is 13.1 Å². The second-order valence-electron chi connectivity index (χ2n) is 10.7. The minimum absolute atomic E-state index is 0.0585. The van der Waals surface area contributed by atoms with E-state index in [-0.39, 0.29) is 23.8 Å². The van der Waals surface area contributed by atoms with Crippen LogP contribution in [0.3, 0.4) is 0 Å². The van der Waals surface area contributed by atoms with Crippen LogP contribution in [0.2, 0.25) is 5.02 Å². The highest BCUT2D eigenvalue weighted by Crippen LogP contribution is 2.33. The van der Waals surface area contributed by atoms with Crippen molar-refractivity contribution in [3.8, 4) is 0 Å². The first-order valence-electron chi connectivity index (χ1n) is 13.8. The molecule has 2 amide bonds. The fraction of sp³-hybridized carbons (Fsp3) is 0.375. The zero-order valence-electron chi connectivity index (χ0n) is 22.3. The normalized spacial score (nSPS) is 19.2. The number of nitrogens with one attached hydrogen (secondary N) is 2. The lowest BCUT2D eigenvalue weighted by Crippen LogP contribution is -2.56. The molecule has 39 heavy (non-hydrogen) atoms. The predicted octanol–water partition coefficient (Wildman–Crippen LogP) is 4.54. The van der Waals surface area contributed by atoms with Gasteiger partial charge in [-0.25, -0.2) is 0 Å². The van der Waals surface area contributed by atoms with E-state index >= 15 is 0 Å². The summed E-state index contributed by atoms with van der Waals surface area (Å²) in [7, 11) is 0. The second kappa shape index (κ2) is 12.3. The maximum Gasteiger partial charge on any atom is 0.245 e. The van der Waals surface area contributed by atoms with Crippen LogP contribution in [0.5, 0.6) is 0 Å². The van der Waals surface area contributed by atoms with Crippen LogP contribution in [0.25, 0.3) is 0 Å². The molecule has 2 heterocycles. The first-order valence-corrected chi connectivity index (χ1v) is 14.2. The zero-order valence-corrected chi connectivity index (χ0v) is 23.0. The summed E-state index contributed by atoms with van der Waals surface area (Å²) in [5.41, 5.74) is 5.43. The number of aliphatic hydroxyl groups excluding tert-OH is 1. The van der Waals surface area contributed by atoms with Crippen molar-refractivity contribution in [3.05, 3.63) is 106 Å². The molecule has 3 aromatic carbocycles. The highest BCUT2D eigenvalue weighted by atomic mass is 35.5. The van der Waals surface area contributed by atoms with Crippen molar-refractivity contribution >= 4 is 23.4 Å². The molecule has 1 fully saturated rings. The summed E-state index contributed by atoms with van der Waals surface area (Å²) >= 11 is 6.09. The molecule has 3 N–H and O–H groups in total. The van der Waals surface area contributed by atoms with Gasteiger partial charge in [-0.2, -0.15) is 0 Å². The number of fused-ring (bicyclic) bond motifs is 1. The van der Waals surface area contributed by atoms with Gasteiger partial charge in [0, 0.05) is 31.1 Å². The lowest BCUT2D eigenvalue weighted by molar-refractivity contribution is -0.137. The third kappa shape index (κ3) is 6.52. The third-order valence-corrected chi connectivity index (χ3v) is 8.31. The lowest BCUT2D eigenvalue weighted by atomic mass is 9.85. The van der Waals surface area contributed by atoms with Gasteiger partial charge in [-0.15, -0.1) is 0 Å². The van der Waals surface area contributed by atoms with Crippen LogP contribution in [-0.4, -0.2) is 47.0 Å². The predicted molar refractivity (Wildman–Crippen MR) is 153 cm³/mol. The van der Waals surface area contributed by atoms with Crippen LogP contribution < -0.4 is 10.6 Å². The number of carbonyl (C=O) groups excluding carboxylic acids is 2. The lowest BCUT2D eigenvalue weighted by Gasteiger charge is -2.36. The summed E-state index contributed by atoms with van der Waals surface area (Å²) < 4.78 is 0. The molecule has 3 atom stereocenters. The number of benzene rings is 3. The number of piperidine rings is 1. The highest BCUT2D eigenvalue weighted by molar-refractivity contribution is 6.30. The molecule has 0 bridgehead atoms. The molecule has 0 aliphatic carbocycles. The molecule has 0 spiro atoms. The van der Waals surface area contributed by atoms with E-state index in [0.717, 1.165) is 35.1 Å². The van der Waals surface area contributed by atoms with Gasteiger partial charge in [0.05, 0.1) is 12.1 Å². The first kappa shape index (κ1) is 27.4. The molecule has 6 nitrogen and oxygen atoms in total. The highest BCUT2D eigenvalue weighted by Gasteiger charge is 2.33. The minimum Gasteiger partial charge on any atom is -0.389 e. The topological polar surface area (TPSA) is 81.7 Å². The minimum atomic E-state index is -0.668. The molecule has 2 aliphatic rings. The number of hydrogen-bond donors (Lipinski definition) is 3. The van der Waals surface area contributed by atoms with Gasteiger partial charge in [-0.1, -0.05) is 72.3 Å². The molecule has 3 aromatic rings. The molecule has 5 rings (SSSR count). The number of amides is 2. The van der Waals surface area contributed by atoms with Gasteiger partial charge in [-0.3, -0.25) is 9.59 Å². The van der Waals surface area contributed by atoms with Crippen LogP contribution in [0.15, 0.2) is 72.8 Å². The number of rotatable bonds is 7. The molecule has 7 heteroatoms. The van der Waals surface area contributed by atoms with Crippen LogP contribution >= 0.6 is 11.6 Å². The summed E-state index contributed by atoms with van der Waals surface area (Å²) in [4.78, 5) is 29.1. The van der Waals surface area contributed by atoms with E-state index in [1.807, 2.05) is 59.5 Å². The Balaban J connectivity index is 1.28. The molecule has 2 aliphatic heterocycles. The maximum absolute atomic E-state index is 13.8. The Morgan fingerprint density at radius 1 is 1.00 bits per heavy atom. The fourth-order valence-corrected chi connectivity index (χ4v) is 5.99. The first-order chi connectivity index (χ1) is 18.9. The Morgan fingerprint density at radius 2 is 1.67 bits per heavy atom. The number of nitrogens with zero attached hydrogens (tertiary/aromatic N) is 1. The zero-order chi connectivity index (χ0) is 27.4. The van der Waals surface area contributed by atoms with E-state index in [9.17, 15) is 14.7 Å². The molecule has 204 valence electrons. The van der Waals surface area contributed by atoms with Gasteiger partial charge < -0.3 is 20.6 Å². The van der Waals surface area contributed by atoms with E-state index in [2.05, 4.69) is 28.8 Å². The van der Waals surface area contributed by atoms with Crippen LogP contribution in [0.4, 0.5) is 0 Å². The summed E-state index contributed by atoms with van der Waals surface area (Å²) in [6, 6.07) is 22.5. The Labute approximate surface area is 235 Å². The number of hydrogen-bond acceptors (Lipinski definition) is 4. The fourth-order valence-electron chi connectivity index (χ4n) is 5.86. The van der Waals surface area contributed by atoms with Crippen LogP contribution in [0.1, 0.15) is 59.6 Å². The van der Waals surface area contributed by atoms with Crippen molar-refractivity contribution in [1.82, 2.24) is 15.5 Å². The number of halogens is 1. The van der Waals surface area contributed by atoms with Gasteiger partial charge in [0.15, 0.2) is 0 Å². The molecule has 1 saturated heterocycles. The molecule has 0 aromatic heterocycles. The van der Waals surface area contributed by atoms with Crippen LogP contribution in [0, 0.1) is 0 Å². The van der Waals surface area contributed by atoms with Crippen molar-refractivity contribution in [2.45, 2.75) is 63.3 Å². The van der Waals surface area contributed by atoms with E-state index < -0.39 is 12.1 Å². The average molecular weight is 546 g/mol. The monoisotopic (exact) mass is 545 g/mol. The summed E-state index contributed by atoms with van der Waals surface area (Å²) in [5, 5.41) is 17.3. The Morgan fingerprint density at radius 3 is 2.38 bits per heavy atom. The summed E-state index contributed by atoms with van der Waals surface area (Å²) in [6.45, 7) is 3.65. The largest absolute Gasteiger partial charge is 0.389 e. The summed E-state index contributed by atoms with van der Waals surface area (Å²) in [5.74, 6) is 0.0741. The molecule has 0 saturated carbocycles. The third-order valence-electron chi connectivity index (χ3n) is 8.06. The van der Waals surface area contributed by atoms with Crippen molar-refractivity contribution in [1.29, 1.82) is 0 Å². The SMILES string of the molecule is CC(O)c1ccccc1C1CCN(C(=O)C(Cc2ccc(Cl)cc2)NC(=O)C2Cc3ccccc3CN2)CC1. The number of carbonyl (C=O) groups is 2. The quantitative estimate of drug-likeness (QED) is 0.407. The smallest absolute Gasteiger partial charge is 0.245 e. The van der Waals surface area contributed by atoms with Gasteiger partial charge in [-0.05, 0) is 72.1 Å². The van der Waals surface area contributed by atoms with E-state index in [1.54, 1.807) is 6.92 Å². The number of aliphatic hydroxyl groups is 1. The second-order valence-corrected chi connectivity index (χ2v) is 11.1. The summed E-state index contributed by atoms with van der Waals surface area (Å²) in [6.07, 6.45) is 2.10. The number of likely N-dealkylation sites (tertiary alicyclic amines) is 1. The van der Waals surface area contributed by atoms with Gasteiger partial charge in [0.1, 0.15) is 6.04 Å². The molecular weight excluding hydrogens is 510 g/mol. The molecule has 0 radical (unpaired) electrons.